The summed E-state index contributed by atoms with van der Waals surface area (Å²) in [5.41, 5.74) is 2.88. The van der Waals surface area contributed by atoms with Crippen LogP contribution < -0.4 is 5.32 Å². The summed E-state index contributed by atoms with van der Waals surface area (Å²) in [5.74, 6) is 0.991. The van der Waals surface area contributed by atoms with Crippen LogP contribution in [0.5, 0.6) is 5.75 Å². The summed E-state index contributed by atoms with van der Waals surface area (Å²) in [6.45, 7) is 2.60. The summed E-state index contributed by atoms with van der Waals surface area (Å²) < 4.78 is 5.72. The van der Waals surface area contributed by atoms with Crippen molar-refractivity contribution < 1.29 is 9.52 Å². The van der Waals surface area contributed by atoms with Crippen molar-refractivity contribution in [2.45, 2.75) is 13.5 Å². The van der Waals surface area contributed by atoms with Gasteiger partial charge in [-0.2, -0.15) is 0 Å². The van der Waals surface area contributed by atoms with Gasteiger partial charge in [0, 0.05) is 23.2 Å². The van der Waals surface area contributed by atoms with Crippen LogP contribution in [0.25, 0.3) is 11.0 Å². The SMILES string of the molecule is Cc1oc2ccccc2c1CNc1ccc(O)c(Cl)c1. The van der Waals surface area contributed by atoms with Crippen molar-refractivity contribution >= 4 is 28.3 Å². The maximum atomic E-state index is 9.41. The third-order valence-corrected chi connectivity index (χ3v) is 3.62. The van der Waals surface area contributed by atoms with Crippen molar-refractivity contribution in [1.82, 2.24) is 0 Å². The maximum Gasteiger partial charge on any atom is 0.134 e. The quantitative estimate of drug-likeness (QED) is 0.686. The van der Waals surface area contributed by atoms with Crippen LogP contribution in [0.3, 0.4) is 0 Å². The molecule has 20 heavy (non-hydrogen) atoms. The number of furan rings is 1. The number of rotatable bonds is 3. The lowest BCUT2D eigenvalue weighted by molar-refractivity contribution is 0.475. The second kappa shape index (κ2) is 5.10. The van der Waals surface area contributed by atoms with Gasteiger partial charge in [-0.25, -0.2) is 0 Å². The molecular formula is C16H14ClNO2. The van der Waals surface area contributed by atoms with E-state index in [-0.39, 0.29) is 5.75 Å². The second-order valence-corrected chi connectivity index (χ2v) is 5.06. The Morgan fingerprint density at radius 3 is 2.80 bits per heavy atom. The minimum atomic E-state index is 0.0853. The zero-order valence-corrected chi connectivity index (χ0v) is 11.7. The average molecular weight is 288 g/mol. The van der Waals surface area contributed by atoms with Crippen LogP contribution in [0.2, 0.25) is 5.02 Å². The molecule has 3 rings (SSSR count). The Labute approximate surface area is 121 Å². The number of anilines is 1. The van der Waals surface area contributed by atoms with Crippen molar-refractivity contribution in [3.63, 3.8) is 0 Å². The van der Waals surface area contributed by atoms with Crippen molar-refractivity contribution in [3.05, 3.63) is 58.8 Å². The molecule has 0 aliphatic rings. The highest BCUT2D eigenvalue weighted by Gasteiger charge is 2.10. The molecule has 0 aliphatic carbocycles. The molecule has 0 fully saturated rings. The zero-order chi connectivity index (χ0) is 14.1. The Balaban J connectivity index is 1.86. The molecule has 0 spiro atoms. The molecule has 4 heteroatoms. The Morgan fingerprint density at radius 1 is 1.20 bits per heavy atom. The van der Waals surface area contributed by atoms with E-state index in [1.807, 2.05) is 31.2 Å². The van der Waals surface area contributed by atoms with Crippen molar-refractivity contribution in [1.29, 1.82) is 0 Å². The lowest BCUT2D eigenvalue weighted by atomic mass is 10.1. The van der Waals surface area contributed by atoms with Crippen LogP contribution in [0, 0.1) is 6.92 Å². The molecule has 1 aromatic heterocycles. The summed E-state index contributed by atoms with van der Waals surface area (Å²) in [6, 6.07) is 13.0. The molecule has 102 valence electrons. The van der Waals surface area contributed by atoms with Gasteiger partial charge in [0.05, 0.1) is 5.02 Å². The first kappa shape index (κ1) is 12.9. The van der Waals surface area contributed by atoms with Crippen molar-refractivity contribution in [3.8, 4) is 5.75 Å². The van der Waals surface area contributed by atoms with Crippen molar-refractivity contribution in [2.24, 2.45) is 0 Å². The van der Waals surface area contributed by atoms with Crippen LogP contribution >= 0.6 is 11.6 Å². The van der Waals surface area contributed by atoms with E-state index >= 15 is 0 Å². The molecule has 0 saturated heterocycles. The van der Waals surface area contributed by atoms with E-state index < -0.39 is 0 Å². The lowest BCUT2D eigenvalue weighted by Crippen LogP contribution is -1.99. The first-order chi connectivity index (χ1) is 9.65. The maximum absolute atomic E-state index is 9.41. The predicted molar refractivity (Wildman–Crippen MR) is 81.4 cm³/mol. The number of aromatic hydroxyl groups is 1. The van der Waals surface area contributed by atoms with Gasteiger partial charge in [0.2, 0.25) is 0 Å². The molecule has 3 aromatic rings. The van der Waals surface area contributed by atoms with Gasteiger partial charge in [-0.1, -0.05) is 29.8 Å². The van der Waals surface area contributed by atoms with Crippen LogP contribution in [0.15, 0.2) is 46.9 Å². The van der Waals surface area contributed by atoms with E-state index in [4.69, 9.17) is 16.0 Å². The van der Waals surface area contributed by atoms with Gasteiger partial charge >= 0.3 is 0 Å². The molecule has 0 atom stereocenters. The van der Waals surface area contributed by atoms with Gasteiger partial charge in [-0.15, -0.1) is 0 Å². The minimum Gasteiger partial charge on any atom is -0.506 e. The molecular weight excluding hydrogens is 274 g/mol. The summed E-state index contributed by atoms with van der Waals surface area (Å²) in [4.78, 5) is 0. The summed E-state index contributed by atoms with van der Waals surface area (Å²) in [6.07, 6.45) is 0. The number of phenols is 1. The van der Waals surface area contributed by atoms with E-state index in [1.54, 1.807) is 18.2 Å². The normalized spacial score (nSPS) is 10.9. The van der Waals surface area contributed by atoms with E-state index in [2.05, 4.69) is 5.32 Å². The van der Waals surface area contributed by atoms with Gasteiger partial charge < -0.3 is 14.8 Å². The van der Waals surface area contributed by atoms with E-state index in [0.29, 0.717) is 11.6 Å². The molecule has 0 saturated carbocycles. The summed E-state index contributed by atoms with van der Waals surface area (Å²) in [7, 11) is 0. The molecule has 3 nitrogen and oxygen atoms in total. The summed E-state index contributed by atoms with van der Waals surface area (Å²) in [5, 5.41) is 14.1. The fraction of sp³-hybridized carbons (Fsp3) is 0.125. The number of hydrogen-bond acceptors (Lipinski definition) is 3. The topological polar surface area (TPSA) is 45.4 Å². The monoisotopic (exact) mass is 287 g/mol. The number of fused-ring (bicyclic) bond motifs is 1. The van der Waals surface area contributed by atoms with Crippen LogP contribution in [-0.2, 0) is 6.54 Å². The van der Waals surface area contributed by atoms with Crippen LogP contribution in [0.4, 0.5) is 5.69 Å². The van der Waals surface area contributed by atoms with Gasteiger partial charge in [0.15, 0.2) is 0 Å². The molecule has 0 aliphatic heterocycles. The molecule has 1 heterocycles. The number of para-hydroxylation sites is 1. The van der Waals surface area contributed by atoms with Gasteiger partial charge in [-0.3, -0.25) is 0 Å². The highest BCUT2D eigenvalue weighted by atomic mass is 35.5. The van der Waals surface area contributed by atoms with Gasteiger partial charge in [-0.05, 0) is 31.2 Å². The zero-order valence-electron chi connectivity index (χ0n) is 11.0. The smallest absolute Gasteiger partial charge is 0.134 e. The van der Waals surface area contributed by atoms with E-state index in [0.717, 1.165) is 28.0 Å². The van der Waals surface area contributed by atoms with Crippen LogP contribution in [-0.4, -0.2) is 5.11 Å². The van der Waals surface area contributed by atoms with Crippen molar-refractivity contribution in [2.75, 3.05) is 5.32 Å². The average Bonchev–Trinajstić information content (AvgIpc) is 2.76. The fourth-order valence-electron chi connectivity index (χ4n) is 2.25. The summed E-state index contributed by atoms with van der Waals surface area (Å²) >= 11 is 5.89. The third-order valence-electron chi connectivity index (χ3n) is 3.32. The molecule has 0 radical (unpaired) electrons. The Morgan fingerprint density at radius 2 is 2.00 bits per heavy atom. The van der Waals surface area contributed by atoms with E-state index in [1.165, 1.54) is 0 Å². The Bertz CT molecular complexity index is 764. The first-order valence-corrected chi connectivity index (χ1v) is 6.72. The first-order valence-electron chi connectivity index (χ1n) is 6.34. The Kier molecular flexibility index (Phi) is 3.28. The van der Waals surface area contributed by atoms with E-state index in [9.17, 15) is 5.11 Å². The lowest BCUT2D eigenvalue weighted by Gasteiger charge is -2.07. The largest absolute Gasteiger partial charge is 0.506 e. The standard InChI is InChI=1S/C16H14ClNO2/c1-10-13(12-4-2-3-5-16(12)20-10)9-18-11-6-7-15(19)14(17)8-11/h2-8,18-19H,9H2,1H3. The van der Waals surface area contributed by atoms with Crippen LogP contribution in [0.1, 0.15) is 11.3 Å². The molecule has 2 N–H and O–H groups in total. The number of benzene rings is 2. The number of halogens is 1. The fourth-order valence-corrected chi connectivity index (χ4v) is 2.43. The third kappa shape index (κ3) is 2.32. The number of aryl methyl sites for hydroxylation is 1. The highest BCUT2D eigenvalue weighted by Crippen LogP contribution is 2.28. The molecule has 2 aromatic carbocycles. The number of nitrogens with one attached hydrogen (secondary N) is 1. The minimum absolute atomic E-state index is 0.0853. The Hall–Kier alpha value is -2.13. The second-order valence-electron chi connectivity index (χ2n) is 4.65. The molecule has 0 unspecified atom stereocenters. The van der Waals surface area contributed by atoms with Gasteiger partial charge in [0.25, 0.3) is 0 Å². The number of hydrogen-bond donors (Lipinski definition) is 2. The number of phenolic OH excluding ortho intramolecular Hbond substituents is 1. The molecule has 0 amide bonds. The van der Waals surface area contributed by atoms with Gasteiger partial charge in [0.1, 0.15) is 17.1 Å². The highest BCUT2D eigenvalue weighted by molar-refractivity contribution is 6.32. The molecule has 0 bridgehead atoms. The predicted octanol–water partition coefficient (Wildman–Crippen LogP) is 4.71.